The molecule has 0 heterocycles. The Bertz CT molecular complexity index is 401. The van der Waals surface area contributed by atoms with Gasteiger partial charge in [-0.05, 0) is 12.1 Å². The van der Waals surface area contributed by atoms with Crippen LogP contribution in [0, 0.1) is 0 Å². The van der Waals surface area contributed by atoms with Crippen LogP contribution in [0.5, 0.6) is 11.5 Å². The largest absolute Gasteiger partial charge is 1.00 e. The predicted molar refractivity (Wildman–Crippen MR) is 84.8 cm³/mol. The molecular weight excluding hydrogens is 355 g/mol. The number of benzene rings is 1. The van der Waals surface area contributed by atoms with Gasteiger partial charge in [0.2, 0.25) is 0 Å². The zero-order valence-corrected chi connectivity index (χ0v) is 16.3. The van der Waals surface area contributed by atoms with Crippen molar-refractivity contribution in [3.8, 4) is 11.5 Å². The molecule has 1 rings (SSSR count). The molecule has 0 aliphatic heterocycles. The molecule has 2 atom stereocenters. The molecule has 0 aromatic heterocycles. The first kappa shape index (κ1) is 25.5. The second-order valence-electron chi connectivity index (χ2n) is 6.23. The van der Waals surface area contributed by atoms with Gasteiger partial charge in [-0.2, -0.15) is 0 Å². The van der Waals surface area contributed by atoms with Gasteiger partial charge >= 0.3 is 0 Å². The summed E-state index contributed by atoms with van der Waals surface area (Å²) >= 11 is 0. The smallest absolute Gasteiger partial charge is 0.137 e. The minimum Gasteiger partial charge on any atom is -1.00 e. The fourth-order valence-corrected chi connectivity index (χ4v) is 2.10. The van der Waals surface area contributed by atoms with E-state index in [2.05, 4.69) is 0 Å². The van der Waals surface area contributed by atoms with Crippen molar-refractivity contribution < 1.29 is 54.3 Å². The van der Waals surface area contributed by atoms with Crippen LogP contribution >= 0.6 is 0 Å². The average Bonchev–Trinajstić information content (AvgIpc) is 2.42. The molecule has 0 saturated heterocycles. The van der Waals surface area contributed by atoms with Gasteiger partial charge in [-0.15, -0.1) is 0 Å². The molecule has 0 radical (unpaired) electrons. The fourth-order valence-electron chi connectivity index (χ4n) is 2.10. The van der Waals surface area contributed by atoms with Crippen LogP contribution in [-0.2, 0) is 0 Å². The number of aliphatic hydroxyl groups excluding tert-OH is 2. The van der Waals surface area contributed by atoms with Crippen molar-refractivity contribution in [2.24, 2.45) is 0 Å². The van der Waals surface area contributed by atoms with Gasteiger partial charge in [0.1, 0.15) is 50.0 Å². The first-order valence-electron chi connectivity index (χ1n) is 7.66. The second-order valence-corrected chi connectivity index (χ2v) is 6.23. The first-order chi connectivity index (χ1) is 10.4. The van der Waals surface area contributed by atoms with Crippen molar-refractivity contribution in [1.29, 1.82) is 0 Å². The lowest BCUT2D eigenvalue weighted by Gasteiger charge is -2.16. The molecular formula is C16H30Cl2N2O4. The van der Waals surface area contributed by atoms with Gasteiger partial charge in [0.15, 0.2) is 0 Å². The van der Waals surface area contributed by atoms with E-state index in [9.17, 15) is 10.2 Å². The number of halogens is 2. The van der Waals surface area contributed by atoms with Gasteiger partial charge < -0.3 is 54.3 Å². The molecule has 6 nitrogen and oxygen atoms in total. The summed E-state index contributed by atoms with van der Waals surface area (Å²) in [6.07, 6.45) is -1.00. The van der Waals surface area contributed by atoms with E-state index in [4.69, 9.17) is 9.47 Å². The molecule has 1 aromatic rings. The van der Waals surface area contributed by atoms with Crippen LogP contribution in [0.25, 0.3) is 0 Å². The lowest BCUT2D eigenvalue weighted by Crippen LogP contribution is -3.07. The molecule has 0 bridgehead atoms. The summed E-state index contributed by atoms with van der Waals surface area (Å²) in [5.74, 6) is 1.30. The van der Waals surface area contributed by atoms with E-state index in [1.54, 1.807) is 6.07 Å². The minimum atomic E-state index is -0.500. The predicted octanol–water partition coefficient (Wildman–Crippen LogP) is -8.54. The SMILES string of the molecule is C[NH+](C)CC(O)COc1cccc(OCC(O)C[NH+](C)C)c1.[Cl-].[Cl-]. The van der Waals surface area contributed by atoms with Crippen LogP contribution in [0.3, 0.4) is 0 Å². The Kier molecular flexibility index (Phi) is 14.4. The van der Waals surface area contributed by atoms with Crippen molar-refractivity contribution in [3.05, 3.63) is 24.3 Å². The number of aliphatic hydroxyl groups is 2. The zero-order valence-electron chi connectivity index (χ0n) is 14.8. The third-order valence-corrected chi connectivity index (χ3v) is 2.98. The standard InChI is InChI=1S/C16H28N2O4.2ClH/c1-17(2)9-13(19)11-21-15-6-5-7-16(8-15)22-12-14(20)10-18(3)4;;/h5-8,13-14,19-20H,9-12H2,1-4H3;2*1H. The number of rotatable bonds is 10. The van der Waals surface area contributed by atoms with Gasteiger partial charge in [-0.25, -0.2) is 0 Å². The molecule has 0 saturated carbocycles. The molecule has 8 heteroatoms. The highest BCUT2D eigenvalue weighted by Gasteiger charge is 2.11. The summed E-state index contributed by atoms with van der Waals surface area (Å²) < 4.78 is 11.1. The Labute approximate surface area is 157 Å². The van der Waals surface area contributed by atoms with Gasteiger partial charge in [0, 0.05) is 6.07 Å². The van der Waals surface area contributed by atoms with E-state index >= 15 is 0 Å². The summed E-state index contributed by atoms with van der Waals surface area (Å²) in [6, 6.07) is 7.24. The Morgan fingerprint density at radius 1 is 0.833 bits per heavy atom. The van der Waals surface area contributed by atoms with Gasteiger partial charge in [0.05, 0.1) is 28.2 Å². The lowest BCUT2D eigenvalue weighted by molar-refractivity contribution is -0.861. The maximum absolute atomic E-state index is 9.80. The molecule has 0 aliphatic carbocycles. The molecule has 4 N–H and O–H groups in total. The third-order valence-electron chi connectivity index (χ3n) is 2.98. The quantitative estimate of drug-likeness (QED) is 0.323. The normalized spacial score (nSPS) is 13.0. The minimum absolute atomic E-state index is 0. The van der Waals surface area contributed by atoms with Crippen molar-refractivity contribution in [2.45, 2.75) is 12.2 Å². The number of likely N-dealkylation sites (N-methyl/N-ethyl adjacent to an activating group) is 2. The van der Waals surface area contributed by atoms with Gasteiger partial charge in [-0.3, -0.25) is 0 Å². The monoisotopic (exact) mass is 384 g/mol. The maximum Gasteiger partial charge on any atom is 0.137 e. The van der Waals surface area contributed by atoms with E-state index in [-0.39, 0.29) is 38.0 Å². The maximum atomic E-state index is 9.80. The highest BCUT2D eigenvalue weighted by Crippen LogP contribution is 2.19. The second kappa shape index (κ2) is 13.5. The van der Waals surface area contributed by atoms with Crippen LogP contribution in [0.2, 0.25) is 0 Å². The summed E-state index contributed by atoms with van der Waals surface area (Å²) in [5, 5.41) is 19.6. The summed E-state index contributed by atoms with van der Waals surface area (Å²) in [4.78, 5) is 2.34. The Balaban J connectivity index is 0. The van der Waals surface area contributed by atoms with Crippen LogP contribution < -0.4 is 44.1 Å². The van der Waals surface area contributed by atoms with E-state index in [1.165, 1.54) is 9.80 Å². The molecule has 2 unspecified atom stereocenters. The van der Waals surface area contributed by atoms with Crippen LogP contribution in [-0.4, -0.2) is 76.9 Å². The van der Waals surface area contributed by atoms with Crippen molar-refractivity contribution in [2.75, 3.05) is 54.5 Å². The average molecular weight is 385 g/mol. The fraction of sp³-hybridized carbons (Fsp3) is 0.625. The highest BCUT2D eigenvalue weighted by atomic mass is 35.5. The molecule has 24 heavy (non-hydrogen) atoms. The number of ether oxygens (including phenoxy) is 2. The van der Waals surface area contributed by atoms with E-state index in [0.29, 0.717) is 24.6 Å². The number of hydrogen-bond donors (Lipinski definition) is 4. The molecule has 142 valence electrons. The Morgan fingerprint density at radius 2 is 1.21 bits per heavy atom. The van der Waals surface area contributed by atoms with Crippen LogP contribution in [0.1, 0.15) is 0 Å². The Hall–Kier alpha value is -0.760. The summed E-state index contributed by atoms with van der Waals surface area (Å²) in [6.45, 7) is 1.77. The molecule has 0 amide bonds. The first-order valence-corrected chi connectivity index (χ1v) is 7.66. The summed E-state index contributed by atoms with van der Waals surface area (Å²) in [7, 11) is 7.94. The third kappa shape index (κ3) is 11.7. The topological polar surface area (TPSA) is 67.8 Å². The van der Waals surface area contributed by atoms with Crippen LogP contribution in [0.15, 0.2) is 24.3 Å². The van der Waals surface area contributed by atoms with Crippen molar-refractivity contribution in [1.82, 2.24) is 0 Å². The van der Waals surface area contributed by atoms with E-state index in [1.807, 2.05) is 46.4 Å². The lowest BCUT2D eigenvalue weighted by atomic mass is 10.3. The number of quaternary nitrogens is 2. The zero-order chi connectivity index (χ0) is 16.5. The van der Waals surface area contributed by atoms with Crippen molar-refractivity contribution in [3.63, 3.8) is 0 Å². The van der Waals surface area contributed by atoms with E-state index in [0.717, 1.165) is 0 Å². The highest BCUT2D eigenvalue weighted by molar-refractivity contribution is 5.32. The van der Waals surface area contributed by atoms with Crippen LogP contribution in [0.4, 0.5) is 0 Å². The summed E-state index contributed by atoms with van der Waals surface area (Å²) in [5.41, 5.74) is 0. The molecule has 0 aliphatic rings. The van der Waals surface area contributed by atoms with Gasteiger partial charge in [0.25, 0.3) is 0 Å². The molecule has 1 aromatic carbocycles. The molecule has 0 fully saturated rings. The van der Waals surface area contributed by atoms with Crippen molar-refractivity contribution >= 4 is 0 Å². The van der Waals surface area contributed by atoms with Gasteiger partial charge in [-0.1, -0.05) is 6.07 Å². The number of hydrogen-bond acceptors (Lipinski definition) is 4. The molecule has 0 spiro atoms. The number of nitrogens with one attached hydrogen (secondary N) is 2. The van der Waals surface area contributed by atoms with E-state index < -0.39 is 12.2 Å². The Morgan fingerprint density at radius 3 is 1.54 bits per heavy atom.